The minimum absolute atomic E-state index is 0.299. The zero-order valence-electron chi connectivity index (χ0n) is 13.0. The van der Waals surface area contributed by atoms with Gasteiger partial charge in [0.25, 0.3) is 0 Å². The molecule has 112 valence electrons. The molecule has 1 unspecified atom stereocenters. The monoisotopic (exact) mass is 291 g/mol. The Morgan fingerprint density at radius 3 is 2.27 bits per heavy atom. The van der Waals surface area contributed by atoms with Crippen LogP contribution in [0.25, 0.3) is 0 Å². The van der Waals surface area contributed by atoms with Crippen molar-refractivity contribution in [3.63, 3.8) is 0 Å². The lowest BCUT2D eigenvalue weighted by Crippen LogP contribution is -2.35. The number of rotatable bonds is 3. The van der Waals surface area contributed by atoms with E-state index in [1.807, 2.05) is 12.1 Å². The van der Waals surface area contributed by atoms with Crippen molar-refractivity contribution in [1.82, 2.24) is 0 Å². The molecule has 2 heteroatoms. The summed E-state index contributed by atoms with van der Waals surface area (Å²) in [5, 5.41) is 0. The Morgan fingerprint density at radius 2 is 1.64 bits per heavy atom. The molecule has 2 nitrogen and oxygen atoms in total. The average molecular weight is 291 g/mol. The van der Waals surface area contributed by atoms with Crippen LogP contribution in [-0.4, -0.2) is 13.7 Å². The van der Waals surface area contributed by atoms with Gasteiger partial charge >= 0.3 is 0 Å². The van der Waals surface area contributed by atoms with Crippen LogP contribution in [0.2, 0.25) is 0 Å². The first-order chi connectivity index (χ1) is 10.7. The molecule has 0 N–H and O–H groups in total. The smallest absolute Gasteiger partial charge is 0.119 e. The van der Waals surface area contributed by atoms with Crippen molar-refractivity contribution < 1.29 is 4.74 Å². The fourth-order valence-corrected chi connectivity index (χ4v) is 2.93. The van der Waals surface area contributed by atoms with Crippen molar-refractivity contribution in [2.75, 3.05) is 18.6 Å². The second-order valence-corrected chi connectivity index (χ2v) is 5.66. The van der Waals surface area contributed by atoms with E-state index in [0.29, 0.717) is 6.04 Å². The molecule has 0 amide bonds. The number of benzene rings is 2. The molecule has 3 rings (SSSR count). The molecule has 1 aliphatic rings. The minimum atomic E-state index is 0.299. The second-order valence-electron chi connectivity index (χ2n) is 5.66. The number of hydrogen-bond acceptors (Lipinski definition) is 2. The maximum absolute atomic E-state index is 5.26. The Labute approximate surface area is 132 Å². The normalized spacial score (nSPS) is 18.4. The van der Waals surface area contributed by atoms with E-state index < -0.39 is 0 Å². The van der Waals surface area contributed by atoms with Gasteiger partial charge in [-0.3, -0.25) is 0 Å². The van der Waals surface area contributed by atoms with Crippen LogP contribution in [0.3, 0.4) is 0 Å². The maximum atomic E-state index is 5.26. The van der Waals surface area contributed by atoms with Crippen molar-refractivity contribution in [1.29, 1.82) is 0 Å². The molecular formula is C20H21NO. The average Bonchev–Trinajstić information content (AvgIpc) is 2.58. The van der Waals surface area contributed by atoms with Gasteiger partial charge in [-0.2, -0.15) is 0 Å². The van der Waals surface area contributed by atoms with E-state index in [4.69, 9.17) is 4.74 Å². The minimum Gasteiger partial charge on any atom is -0.497 e. The summed E-state index contributed by atoms with van der Waals surface area (Å²) in [5.41, 5.74) is 4.76. The van der Waals surface area contributed by atoms with Crippen LogP contribution in [0.5, 0.6) is 5.75 Å². The first-order valence-electron chi connectivity index (χ1n) is 7.50. The van der Waals surface area contributed by atoms with E-state index >= 15 is 0 Å². The molecule has 1 fully saturated rings. The Hall–Kier alpha value is -2.48. The third-order valence-corrected chi connectivity index (χ3v) is 4.27. The predicted octanol–water partition coefficient (Wildman–Crippen LogP) is 4.76. The van der Waals surface area contributed by atoms with Gasteiger partial charge in [-0.05, 0) is 47.4 Å². The first-order valence-corrected chi connectivity index (χ1v) is 7.50. The summed E-state index contributed by atoms with van der Waals surface area (Å²) in [6.07, 6.45) is 0.912. The van der Waals surface area contributed by atoms with Crippen LogP contribution in [0, 0.1) is 0 Å². The fourth-order valence-electron chi connectivity index (χ4n) is 2.93. The van der Waals surface area contributed by atoms with Gasteiger partial charge < -0.3 is 9.64 Å². The van der Waals surface area contributed by atoms with Crippen molar-refractivity contribution in [2.24, 2.45) is 0 Å². The summed E-state index contributed by atoms with van der Waals surface area (Å²) < 4.78 is 5.26. The number of hydrogen-bond donors (Lipinski definition) is 0. The molecule has 2 aromatic rings. The lowest BCUT2D eigenvalue weighted by atomic mass is 9.89. The lowest BCUT2D eigenvalue weighted by molar-refractivity contribution is 0.414. The number of nitrogens with zero attached hydrogens (tertiary/aromatic N) is 1. The molecule has 0 aliphatic carbocycles. The molecule has 22 heavy (non-hydrogen) atoms. The quantitative estimate of drug-likeness (QED) is 0.808. The van der Waals surface area contributed by atoms with Gasteiger partial charge in [0.1, 0.15) is 5.75 Å². The van der Waals surface area contributed by atoms with Crippen LogP contribution in [0.15, 0.2) is 78.9 Å². The SMILES string of the molecule is C=C1CC(c2ccccc2)N(c2ccc(OC)cc2)CC1=C. The van der Waals surface area contributed by atoms with E-state index in [-0.39, 0.29) is 0 Å². The highest BCUT2D eigenvalue weighted by molar-refractivity contribution is 5.56. The molecule has 0 spiro atoms. The van der Waals surface area contributed by atoms with E-state index in [2.05, 4.69) is 60.5 Å². The van der Waals surface area contributed by atoms with Gasteiger partial charge in [-0.15, -0.1) is 0 Å². The zero-order chi connectivity index (χ0) is 15.5. The Morgan fingerprint density at radius 1 is 0.955 bits per heavy atom. The summed E-state index contributed by atoms with van der Waals surface area (Å²) in [5.74, 6) is 0.875. The summed E-state index contributed by atoms with van der Waals surface area (Å²) in [6, 6.07) is 19.1. The van der Waals surface area contributed by atoms with Crippen LogP contribution in [0.1, 0.15) is 18.0 Å². The molecule has 2 aromatic carbocycles. The van der Waals surface area contributed by atoms with Gasteiger partial charge in [-0.1, -0.05) is 43.5 Å². The number of ether oxygens (including phenoxy) is 1. The van der Waals surface area contributed by atoms with Gasteiger partial charge in [0, 0.05) is 12.2 Å². The van der Waals surface area contributed by atoms with Gasteiger partial charge in [0.15, 0.2) is 0 Å². The van der Waals surface area contributed by atoms with E-state index in [1.165, 1.54) is 11.3 Å². The molecule has 0 saturated carbocycles. The molecule has 1 aliphatic heterocycles. The molecule has 1 heterocycles. The van der Waals surface area contributed by atoms with Crippen molar-refractivity contribution in [3.05, 3.63) is 84.5 Å². The second kappa shape index (κ2) is 6.10. The molecule has 1 atom stereocenters. The molecule has 0 radical (unpaired) electrons. The Balaban J connectivity index is 1.96. The number of piperidine rings is 1. The highest BCUT2D eigenvalue weighted by Gasteiger charge is 2.27. The fraction of sp³-hybridized carbons (Fsp3) is 0.200. The topological polar surface area (TPSA) is 12.5 Å². The van der Waals surface area contributed by atoms with E-state index in [0.717, 1.165) is 29.9 Å². The molecule has 0 aromatic heterocycles. The van der Waals surface area contributed by atoms with Crippen LogP contribution in [-0.2, 0) is 0 Å². The third kappa shape index (κ3) is 2.77. The zero-order valence-corrected chi connectivity index (χ0v) is 13.0. The third-order valence-electron chi connectivity index (χ3n) is 4.27. The van der Waals surface area contributed by atoms with Crippen LogP contribution in [0.4, 0.5) is 5.69 Å². The number of anilines is 1. The van der Waals surface area contributed by atoms with E-state index in [1.54, 1.807) is 7.11 Å². The van der Waals surface area contributed by atoms with Crippen molar-refractivity contribution in [3.8, 4) is 5.75 Å². The summed E-state index contributed by atoms with van der Waals surface area (Å²) in [4.78, 5) is 2.39. The number of methoxy groups -OCH3 is 1. The largest absolute Gasteiger partial charge is 0.497 e. The Kier molecular flexibility index (Phi) is 4.01. The first kappa shape index (κ1) is 14.5. The summed E-state index contributed by atoms with van der Waals surface area (Å²) in [7, 11) is 1.69. The van der Waals surface area contributed by atoms with Gasteiger partial charge in [0.05, 0.1) is 13.2 Å². The highest BCUT2D eigenvalue weighted by Crippen LogP contribution is 2.38. The molecular weight excluding hydrogens is 270 g/mol. The van der Waals surface area contributed by atoms with Crippen molar-refractivity contribution in [2.45, 2.75) is 12.5 Å². The summed E-state index contributed by atoms with van der Waals surface area (Å²) in [6.45, 7) is 9.16. The van der Waals surface area contributed by atoms with Crippen LogP contribution < -0.4 is 9.64 Å². The molecule has 0 bridgehead atoms. The lowest BCUT2D eigenvalue weighted by Gasteiger charge is -2.40. The summed E-state index contributed by atoms with van der Waals surface area (Å²) >= 11 is 0. The standard InChI is InChI=1S/C20H21NO/c1-15-13-20(17-7-5-4-6-8-17)21(14-16(15)2)18-9-11-19(22-3)12-10-18/h4-12,20H,1-2,13-14H2,3H3. The van der Waals surface area contributed by atoms with Gasteiger partial charge in [-0.25, -0.2) is 0 Å². The van der Waals surface area contributed by atoms with Crippen molar-refractivity contribution >= 4 is 5.69 Å². The van der Waals surface area contributed by atoms with Gasteiger partial charge in [0.2, 0.25) is 0 Å². The predicted molar refractivity (Wildman–Crippen MR) is 92.4 cm³/mol. The Bertz CT molecular complexity index is 673. The molecule has 1 saturated heterocycles. The van der Waals surface area contributed by atoms with Crippen LogP contribution >= 0.6 is 0 Å². The highest BCUT2D eigenvalue weighted by atomic mass is 16.5. The maximum Gasteiger partial charge on any atom is 0.119 e. The van der Waals surface area contributed by atoms with E-state index in [9.17, 15) is 0 Å².